The zero-order chi connectivity index (χ0) is 26.9. The number of anilines is 2. The van der Waals surface area contributed by atoms with Gasteiger partial charge in [-0.1, -0.05) is 26.0 Å². The first-order valence-corrected chi connectivity index (χ1v) is 13.1. The number of nitrogens with zero attached hydrogens (tertiary/aromatic N) is 2. The summed E-state index contributed by atoms with van der Waals surface area (Å²) in [5.74, 6) is 1.42. The molecular weight excluding hydrogens is 489 g/mol. The number of hydrogen-bond donors (Lipinski definition) is 2. The van der Waals surface area contributed by atoms with Gasteiger partial charge in [0.1, 0.15) is 5.52 Å². The van der Waals surface area contributed by atoms with Gasteiger partial charge >= 0.3 is 6.18 Å². The molecular formula is C30H33F3N4O. The van der Waals surface area contributed by atoms with Crippen molar-refractivity contribution in [2.45, 2.75) is 45.3 Å². The highest BCUT2D eigenvalue weighted by Gasteiger charge is 2.30. The standard InChI is InChI=1S/C30H33F3N4O/c1-19(2)26-15-24(34)16-27-28(26)38-29(36-27)22-5-3-20(4-6-22)17-35-18-21-11-13-37(14-12-21)25-9-7-23(8-10-25)30(31,32)33/h3-10,15-16,19,21,35H,11-14,17-18,34H2,1-2H3. The van der Waals surface area contributed by atoms with Gasteiger partial charge in [-0.05, 0) is 85.3 Å². The van der Waals surface area contributed by atoms with E-state index in [1.165, 1.54) is 5.56 Å². The van der Waals surface area contributed by atoms with Crippen molar-refractivity contribution in [1.82, 2.24) is 10.3 Å². The summed E-state index contributed by atoms with van der Waals surface area (Å²) in [5, 5.41) is 3.56. The number of fused-ring (bicyclic) bond motifs is 1. The van der Waals surface area contributed by atoms with Crippen molar-refractivity contribution in [3.05, 3.63) is 77.4 Å². The van der Waals surface area contributed by atoms with E-state index >= 15 is 0 Å². The minimum atomic E-state index is -4.30. The summed E-state index contributed by atoms with van der Waals surface area (Å²) in [7, 11) is 0. The number of rotatable bonds is 7. The molecule has 1 fully saturated rings. The number of alkyl halides is 3. The zero-order valence-corrected chi connectivity index (χ0v) is 21.7. The van der Waals surface area contributed by atoms with Crippen LogP contribution in [0.25, 0.3) is 22.6 Å². The topological polar surface area (TPSA) is 67.3 Å². The molecule has 0 atom stereocenters. The van der Waals surface area contributed by atoms with Crippen molar-refractivity contribution in [1.29, 1.82) is 0 Å². The smallest absolute Gasteiger partial charge is 0.416 e. The van der Waals surface area contributed by atoms with E-state index in [9.17, 15) is 13.2 Å². The highest BCUT2D eigenvalue weighted by Crippen LogP contribution is 2.33. The number of benzene rings is 3. The Balaban J connectivity index is 1.12. The van der Waals surface area contributed by atoms with E-state index in [4.69, 9.17) is 10.2 Å². The number of hydrogen-bond acceptors (Lipinski definition) is 5. The first-order valence-electron chi connectivity index (χ1n) is 13.1. The first kappa shape index (κ1) is 26.1. The number of nitrogens with one attached hydrogen (secondary N) is 1. The van der Waals surface area contributed by atoms with Crippen LogP contribution in [-0.4, -0.2) is 24.6 Å². The van der Waals surface area contributed by atoms with E-state index in [1.54, 1.807) is 12.1 Å². The fraction of sp³-hybridized carbons (Fsp3) is 0.367. The van der Waals surface area contributed by atoms with Crippen LogP contribution in [0.5, 0.6) is 0 Å². The summed E-state index contributed by atoms with van der Waals surface area (Å²) < 4.78 is 44.6. The minimum absolute atomic E-state index is 0.285. The Bertz CT molecular complexity index is 1370. The van der Waals surface area contributed by atoms with Crippen molar-refractivity contribution in [2.24, 2.45) is 5.92 Å². The summed E-state index contributed by atoms with van der Waals surface area (Å²) in [6, 6.07) is 17.5. The summed E-state index contributed by atoms with van der Waals surface area (Å²) in [4.78, 5) is 6.83. The molecule has 0 radical (unpaired) electrons. The van der Waals surface area contributed by atoms with Crippen LogP contribution in [0.15, 0.2) is 65.1 Å². The molecule has 200 valence electrons. The second-order valence-corrected chi connectivity index (χ2v) is 10.4. The van der Waals surface area contributed by atoms with Crippen molar-refractivity contribution in [3.63, 3.8) is 0 Å². The molecule has 0 unspecified atom stereocenters. The van der Waals surface area contributed by atoms with Crippen LogP contribution in [0.4, 0.5) is 24.5 Å². The molecule has 3 N–H and O–H groups in total. The number of piperidine rings is 1. The number of nitrogens with two attached hydrogens (primary N) is 1. The van der Waals surface area contributed by atoms with Crippen LogP contribution in [-0.2, 0) is 12.7 Å². The predicted molar refractivity (Wildman–Crippen MR) is 146 cm³/mol. The lowest BCUT2D eigenvalue weighted by atomic mass is 9.96. The summed E-state index contributed by atoms with van der Waals surface area (Å²) in [6.45, 7) is 7.60. The molecule has 5 nitrogen and oxygen atoms in total. The van der Waals surface area contributed by atoms with E-state index < -0.39 is 11.7 Å². The van der Waals surface area contributed by atoms with Gasteiger partial charge in [0, 0.05) is 42.1 Å². The van der Waals surface area contributed by atoms with Crippen LogP contribution in [0.1, 0.15) is 49.3 Å². The van der Waals surface area contributed by atoms with Crippen LogP contribution < -0.4 is 16.0 Å². The molecule has 1 saturated heterocycles. The number of nitrogen functional groups attached to an aromatic ring is 1. The Hall–Kier alpha value is -3.52. The molecule has 2 heterocycles. The molecule has 8 heteroatoms. The molecule has 0 amide bonds. The van der Waals surface area contributed by atoms with Crippen LogP contribution >= 0.6 is 0 Å². The van der Waals surface area contributed by atoms with Gasteiger partial charge in [-0.3, -0.25) is 0 Å². The van der Waals surface area contributed by atoms with E-state index in [1.807, 2.05) is 24.3 Å². The van der Waals surface area contributed by atoms with Gasteiger partial charge in [-0.15, -0.1) is 0 Å². The first-order chi connectivity index (χ1) is 18.2. The summed E-state index contributed by atoms with van der Waals surface area (Å²) >= 11 is 0. The fourth-order valence-corrected chi connectivity index (χ4v) is 5.08. The Kier molecular flexibility index (Phi) is 7.34. The van der Waals surface area contributed by atoms with Gasteiger partial charge in [0.2, 0.25) is 5.89 Å². The average molecular weight is 523 g/mol. The zero-order valence-electron chi connectivity index (χ0n) is 21.7. The predicted octanol–water partition coefficient (Wildman–Crippen LogP) is 7.23. The number of aromatic nitrogens is 1. The maximum Gasteiger partial charge on any atom is 0.416 e. The quantitative estimate of drug-likeness (QED) is 0.251. The van der Waals surface area contributed by atoms with E-state index in [2.05, 4.69) is 41.2 Å². The second-order valence-electron chi connectivity index (χ2n) is 10.4. The third kappa shape index (κ3) is 5.80. The van der Waals surface area contributed by atoms with E-state index in [0.29, 0.717) is 17.5 Å². The van der Waals surface area contributed by atoms with E-state index in [0.717, 1.165) is 79.1 Å². The summed E-state index contributed by atoms with van der Waals surface area (Å²) in [5.41, 5.74) is 11.7. The molecule has 0 bridgehead atoms. The third-order valence-corrected chi connectivity index (χ3v) is 7.30. The van der Waals surface area contributed by atoms with Crippen LogP contribution in [0.3, 0.4) is 0 Å². The molecule has 0 saturated carbocycles. The number of oxazole rings is 1. The maximum absolute atomic E-state index is 12.8. The van der Waals surface area contributed by atoms with Gasteiger partial charge < -0.3 is 20.4 Å². The molecule has 5 rings (SSSR count). The second kappa shape index (κ2) is 10.7. The number of halogens is 3. The Morgan fingerprint density at radius 2 is 1.71 bits per heavy atom. The van der Waals surface area contributed by atoms with Gasteiger partial charge in [0.25, 0.3) is 0 Å². The maximum atomic E-state index is 12.8. The molecule has 3 aromatic carbocycles. The molecule has 1 aromatic heterocycles. The highest BCUT2D eigenvalue weighted by atomic mass is 19.4. The summed E-state index contributed by atoms with van der Waals surface area (Å²) in [6.07, 6.45) is -2.28. The largest absolute Gasteiger partial charge is 0.436 e. The normalized spacial score (nSPS) is 15.1. The SMILES string of the molecule is CC(C)c1cc(N)cc2nc(-c3ccc(CNCC4CCN(c5ccc(C(F)(F)F)cc5)CC4)cc3)oc12. The van der Waals surface area contributed by atoms with Gasteiger partial charge in [0.05, 0.1) is 5.56 Å². The van der Waals surface area contributed by atoms with Gasteiger partial charge in [-0.2, -0.15) is 13.2 Å². The Morgan fingerprint density at radius 3 is 2.34 bits per heavy atom. The average Bonchev–Trinajstić information content (AvgIpc) is 3.32. The molecule has 4 aromatic rings. The van der Waals surface area contributed by atoms with Crippen molar-refractivity contribution < 1.29 is 17.6 Å². The van der Waals surface area contributed by atoms with Crippen LogP contribution in [0, 0.1) is 5.92 Å². The lowest BCUT2D eigenvalue weighted by Gasteiger charge is -2.34. The van der Waals surface area contributed by atoms with E-state index in [-0.39, 0.29) is 5.92 Å². The lowest BCUT2D eigenvalue weighted by Crippen LogP contribution is -2.37. The van der Waals surface area contributed by atoms with Crippen molar-refractivity contribution >= 4 is 22.5 Å². The van der Waals surface area contributed by atoms with Crippen molar-refractivity contribution in [2.75, 3.05) is 30.3 Å². The minimum Gasteiger partial charge on any atom is -0.436 e. The van der Waals surface area contributed by atoms with Gasteiger partial charge in [-0.25, -0.2) is 4.98 Å². The molecule has 0 aliphatic carbocycles. The molecule has 1 aliphatic rings. The van der Waals surface area contributed by atoms with Gasteiger partial charge in [0.15, 0.2) is 5.58 Å². The highest BCUT2D eigenvalue weighted by molar-refractivity contribution is 5.83. The fourth-order valence-electron chi connectivity index (χ4n) is 5.08. The molecule has 0 spiro atoms. The van der Waals surface area contributed by atoms with Crippen LogP contribution in [0.2, 0.25) is 0 Å². The molecule has 1 aliphatic heterocycles. The monoisotopic (exact) mass is 522 g/mol. The lowest BCUT2D eigenvalue weighted by molar-refractivity contribution is -0.137. The molecule has 38 heavy (non-hydrogen) atoms. The van der Waals surface area contributed by atoms with Crippen molar-refractivity contribution in [3.8, 4) is 11.5 Å². The third-order valence-electron chi connectivity index (χ3n) is 7.30. The Labute approximate surface area is 220 Å². The Morgan fingerprint density at radius 1 is 1.03 bits per heavy atom.